The summed E-state index contributed by atoms with van der Waals surface area (Å²) in [5.41, 5.74) is -0.683. The summed E-state index contributed by atoms with van der Waals surface area (Å²) in [5, 5.41) is 1.83. The van der Waals surface area contributed by atoms with Crippen LogP contribution in [0.25, 0.3) is 0 Å². The highest BCUT2D eigenvalue weighted by molar-refractivity contribution is 8.01. The fourth-order valence-electron chi connectivity index (χ4n) is 2.79. The van der Waals surface area contributed by atoms with Crippen LogP contribution in [0.4, 0.5) is 18.9 Å². The third kappa shape index (κ3) is 4.09. The Kier molecular flexibility index (Phi) is 4.97. The van der Waals surface area contributed by atoms with Crippen LogP contribution in [0.15, 0.2) is 23.1 Å². The first kappa shape index (κ1) is 18.1. The van der Waals surface area contributed by atoms with Gasteiger partial charge in [0.25, 0.3) is 0 Å². The second kappa shape index (κ2) is 6.87. The molecule has 3 rings (SSSR count). The maximum atomic E-state index is 12.8. The monoisotopic (exact) mass is 374 g/mol. The molecule has 0 saturated carbocycles. The second-order valence-corrected chi connectivity index (χ2v) is 7.27. The highest BCUT2D eigenvalue weighted by atomic mass is 32.2. The van der Waals surface area contributed by atoms with Gasteiger partial charge in [-0.05, 0) is 25.1 Å². The van der Waals surface area contributed by atoms with E-state index in [-0.39, 0.29) is 24.1 Å². The van der Waals surface area contributed by atoms with E-state index in [1.165, 1.54) is 6.07 Å². The lowest BCUT2D eigenvalue weighted by atomic mass is 10.1. The molecule has 136 valence electrons. The van der Waals surface area contributed by atoms with E-state index in [2.05, 4.69) is 5.32 Å². The van der Waals surface area contributed by atoms with Gasteiger partial charge in [-0.15, -0.1) is 11.8 Å². The molecule has 2 heterocycles. The van der Waals surface area contributed by atoms with Crippen molar-refractivity contribution in [2.24, 2.45) is 0 Å². The third-order valence-corrected chi connectivity index (χ3v) is 5.36. The van der Waals surface area contributed by atoms with E-state index >= 15 is 0 Å². The molecule has 1 fully saturated rings. The zero-order chi connectivity index (χ0) is 18.2. The molecular formula is C16H17F3N2O3S. The number of hydrogen-bond acceptors (Lipinski definition) is 4. The Balaban J connectivity index is 1.69. The van der Waals surface area contributed by atoms with E-state index in [0.717, 1.165) is 23.9 Å². The first-order valence-electron chi connectivity index (χ1n) is 7.82. The van der Waals surface area contributed by atoms with Gasteiger partial charge in [0.15, 0.2) is 0 Å². The number of benzene rings is 1. The number of fused-ring (bicyclic) bond motifs is 1. The van der Waals surface area contributed by atoms with Crippen LogP contribution >= 0.6 is 11.8 Å². The first-order chi connectivity index (χ1) is 11.7. The SMILES string of the molecule is C[C@H]1CN(C(=O)C[C@H]2Sc3ccc(C(F)(F)F)cc3NC2=O)CCO1. The van der Waals surface area contributed by atoms with Gasteiger partial charge in [-0.2, -0.15) is 13.2 Å². The van der Waals surface area contributed by atoms with Crippen molar-refractivity contribution in [2.45, 2.75) is 35.8 Å². The minimum absolute atomic E-state index is 0.00365. The number of thioether (sulfide) groups is 1. The van der Waals surface area contributed by atoms with Gasteiger partial charge < -0.3 is 15.0 Å². The number of ether oxygens (including phenoxy) is 1. The number of hydrogen-bond donors (Lipinski definition) is 1. The number of carbonyl (C=O) groups excluding carboxylic acids is 2. The zero-order valence-corrected chi connectivity index (χ0v) is 14.2. The lowest BCUT2D eigenvalue weighted by molar-refractivity contribution is -0.139. The fourth-order valence-corrected chi connectivity index (χ4v) is 3.88. The molecule has 1 aromatic rings. The first-order valence-corrected chi connectivity index (χ1v) is 8.70. The molecule has 9 heteroatoms. The predicted molar refractivity (Wildman–Crippen MR) is 86.3 cm³/mol. The summed E-state index contributed by atoms with van der Waals surface area (Å²) in [6, 6.07) is 3.23. The number of carbonyl (C=O) groups is 2. The predicted octanol–water partition coefficient (Wildman–Crippen LogP) is 2.76. The molecule has 0 aromatic heterocycles. The van der Waals surface area contributed by atoms with Crippen molar-refractivity contribution in [3.05, 3.63) is 23.8 Å². The van der Waals surface area contributed by atoms with Gasteiger partial charge in [0.05, 0.1) is 29.2 Å². The van der Waals surface area contributed by atoms with E-state index in [4.69, 9.17) is 4.74 Å². The number of halogens is 3. The average Bonchev–Trinajstić information content (AvgIpc) is 2.54. The van der Waals surface area contributed by atoms with Crippen molar-refractivity contribution in [3.63, 3.8) is 0 Å². The van der Waals surface area contributed by atoms with Crippen LogP contribution in [0.1, 0.15) is 18.9 Å². The molecule has 0 radical (unpaired) electrons. The molecule has 2 atom stereocenters. The number of nitrogens with one attached hydrogen (secondary N) is 1. The average molecular weight is 374 g/mol. The van der Waals surface area contributed by atoms with Crippen molar-refractivity contribution in [3.8, 4) is 0 Å². The van der Waals surface area contributed by atoms with Crippen LogP contribution in [-0.4, -0.2) is 47.8 Å². The van der Waals surface area contributed by atoms with Crippen LogP contribution in [-0.2, 0) is 20.5 Å². The molecule has 1 aromatic carbocycles. The van der Waals surface area contributed by atoms with Crippen LogP contribution in [0.2, 0.25) is 0 Å². The minimum Gasteiger partial charge on any atom is -0.375 e. The lowest BCUT2D eigenvalue weighted by Crippen LogP contribution is -2.46. The Bertz CT molecular complexity index is 696. The van der Waals surface area contributed by atoms with Crippen molar-refractivity contribution >= 4 is 29.3 Å². The molecule has 5 nitrogen and oxygen atoms in total. The van der Waals surface area contributed by atoms with Gasteiger partial charge in [-0.1, -0.05) is 0 Å². The fraction of sp³-hybridized carbons (Fsp3) is 0.500. The molecule has 25 heavy (non-hydrogen) atoms. The number of anilines is 1. The molecule has 0 spiro atoms. The Morgan fingerprint density at radius 2 is 2.20 bits per heavy atom. The van der Waals surface area contributed by atoms with Gasteiger partial charge in [0, 0.05) is 24.4 Å². The van der Waals surface area contributed by atoms with Crippen molar-refractivity contribution in [1.29, 1.82) is 0 Å². The normalized spacial score (nSPS) is 23.8. The highest BCUT2D eigenvalue weighted by Gasteiger charge is 2.35. The molecule has 1 N–H and O–H groups in total. The number of amides is 2. The number of morpholine rings is 1. The summed E-state index contributed by atoms with van der Waals surface area (Å²) >= 11 is 1.12. The Hall–Kier alpha value is -1.74. The third-order valence-electron chi connectivity index (χ3n) is 4.08. The van der Waals surface area contributed by atoms with E-state index in [1.54, 1.807) is 4.90 Å². The van der Waals surface area contributed by atoms with Crippen molar-refractivity contribution in [2.75, 3.05) is 25.0 Å². The Morgan fingerprint density at radius 1 is 1.44 bits per heavy atom. The summed E-state index contributed by atoms with van der Waals surface area (Å²) in [5.74, 6) is -0.607. The van der Waals surface area contributed by atoms with E-state index < -0.39 is 22.9 Å². The highest BCUT2D eigenvalue weighted by Crippen LogP contribution is 2.40. The number of nitrogens with zero attached hydrogens (tertiary/aromatic N) is 1. The summed E-state index contributed by atoms with van der Waals surface area (Å²) in [7, 11) is 0. The number of rotatable bonds is 2. The van der Waals surface area contributed by atoms with E-state index in [1.807, 2.05) is 6.92 Å². The minimum atomic E-state index is -4.47. The van der Waals surface area contributed by atoms with E-state index in [9.17, 15) is 22.8 Å². The molecule has 2 aliphatic rings. The van der Waals surface area contributed by atoms with Crippen molar-refractivity contribution in [1.82, 2.24) is 4.90 Å². The van der Waals surface area contributed by atoms with Gasteiger partial charge in [0.2, 0.25) is 11.8 Å². The molecule has 0 aliphatic carbocycles. The van der Waals surface area contributed by atoms with Crippen LogP contribution in [0.3, 0.4) is 0 Å². The maximum absolute atomic E-state index is 12.8. The quantitative estimate of drug-likeness (QED) is 0.865. The molecule has 0 unspecified atom stereocenters. The van der Waals surface area contributed by atoms with Crippen molar-refractivity contribution < 1.29 is 27.5 Å². The molecule has 2 aliphatic heterocycles. The van der Waals surface area contributed by atoms with Crippen LogP contribution in [0, 0.1) is 0 Å². The van der Waals surface area contributed by atoms with Gasteiger partial charge in [0.1, 0.15) is 0 Å². The topological polar surface area (TPSA) is 58.6 Å². The van der Waals surface area contributed by atoms with Crippen LogP contribution < -0.4 is 5.32 Å². The molecule has 2 amide bonds. The molecule has 0 bridgehead atoms. The molecular weight excluding hydrogens is 357 g/mol. The zero-order valence-electron chi connectivity index (χ0n) is 13.4. The smallest absolute Gasteiger partial charge is 0.375 e. The van der Waals surface area contributed by atoms with Gasteiger partial charge in [-0.3, -0.25) is 9.59 Å². The van der Waals surface area contributed by atoms with Crippen LogP contribution in [0.5, 0.6) is 0 Å². The molecule has 1 saturated heterocycles. The summed E-state index contributed by atoms with van der Waals surface area (Å²) < 4.78 is 43.7. The summed E-state index contributed by atoms with van der Waals surface area (Å²) in [4.78, 5) is 26.8. The number of alkyl halides is 3. The largest absolute Gasteiger partial charge is 0.416 e. The summed E-state index contributed by atoms with van der Waals surface area (Å²) in [6.07, 6.45) is -4.51. The van der Waals surface area contributed by atoms with Gasteiger partial charge in [-0.25, -0.2) is 0 Å². The Morgan fingerprint density at radius 3 is 2.88 bits per heavy atom. The summed E-state index contributed by atoms with van der Waals surface area (Å²) in [6.45, 7) is 3.28. The van der Waals surface area contributed by atoms with E-state index in [0.29, 0.717) is 24.6 Å². The maximum Gasteiger partial charge on any atom is 0.416 e. The van der Waals surface area contributed by atoms with Gasteiger partial charge >= 0.3 is 6.18 Å². The standard InChI is InChI=1S/C16H17F3N2O3S/c1-9-8-21(4-5-24-9)14(22)7-13-15(23)20-11-6-10(16(17,18)19)2-3-12(11)25-13/h2-3,6,9,13H,4-5,7-8H2,1H3,(H,20,23)/t9-,13+/m0/s1. The lowest BCUT2D eigenvalue weighted by Gasteiger charge is -2.32. The Labute approximate surface area is 146 Å². The second-order valence-electron chi connectivity index (χ2n) is 6.03.